The summed E-state index contributed by atoms with van der Waals surface area (Å²) in [6, 6.07) is 1.78. The predicted molar refractivity (Wildman–Crippen MR) is 78.9 cm³/mol. The minimum atomic E-state index is -3.31. The Kier molecular flexibility index (Phi) is 5.00. The van der Waals surface area contributed by atoms with E-state index in [0.29, 0.717) is 23.9 Å². The van der Waals surface area contributed by atoms with Crippen molar-refractivity contribution in [2.24, 2.45) is 5.92 Å². The van der Waals surface area contributed by atoms with E-state index in [1.165, 1.54) is 28.5 Å². The quantitative estimate of drug-likeness (QED) is 0.877. The molecule has 0 amide bonds. The van der Waals surface area contributed by atoms with Crippen LogP contribution >= 0.6 is 11.3 Å². The number of hydrogen-bond acceptors (Lipinski definition) is 4. The maximum absolute atomic E-state index is 12.4. The molecule has 6 heteroatoms. The lowest BCUT2D eigenvalue weighted by atomic mass is 10.1. The van der Waals surface area contributed by atoms with Crippen molar-refractivity contribution in [3.05, 3.63) is 16.3 Å². The zero-order chi connectivity index (χ0) is 13.9. The Labute approximate surface area is 119 Å². The average molecular weight is 302 g/mol. The van der Waals surface area contributed by atoms with Gasteiger partial charge in [-0.05, 0) is 31.9 Å². The maximum atomic E-state index is 12.4. The summed E-state index contributed by atoms with van der Waals surface area (Å²) in [5.74, 6) is 0.537. The molecular weight excluding hydrogens is 280 g/mol. The van der Waals surface area contributed by atoms with Gasteiger partial charge in [-0.25, -0.2) is 12.7 Å². The SMILES string of the molecule is CNCc1cc(S(=O)(=O)N(C)CC2CCCC2)cs1. The van der Waals surface area contributed by atoms with Gasteiger partial charge >= 0.3 is 0 Å². The van der Waals surface area contributed by atoms with Gasteiger partial charge in [0.05, 0.1) is 4.90 Å². The molecule has 1 fully saturated rings. The summed E-state index contributed by atoms with van der Waals surface area (Å²) in [6.07, 6.45) is 4.80. The molecule has 0 spiro atoms. The van der Waals surface area contributed by atoms with Crippen molar-refractivity contribution in [3.8, 4) is 0 Å². The number of rotatable bonds is 6. The summed E-state index contributed by atoms with van der Waals surface area (Å²) < 4.78 is 26.4. The highest BCUT2D eigenvalue weighted by atomic mass is 32.2. The van der Waals surface area contributed by atoms with Gasteiger partial charge in [0.15, 0.2) is 0 Å². The topological polar surface area (TPSA) is 49.4 Å². The second-order valence-corrected chi connectivity index (χ2v) is 8.26. The Morgan fingerprint density at radius 3 is 2.74 bits per heavy atom. The molecule has 1 aliphatic rings. The van der Waals surface area contributed by atoms with Crippen molar-refractivity contribution in [1.82, 2.24) is 9.62 Å². The van der Waals surface area contributed by atoms with E-state index in [-0.39, 0.29) is 0 Å². The van der Waals surface area contributed by atoms with Crippen LogP contribution in [0.4, 0.5) is 0 Å². The van der Waals surface area contributed by atoms with Gasteiger partial charge in [-0.3, -0.25) is 0 Å². The van der Waals surface area contributed by atoms with E-state index >= 15 is 0 Å². The van der Waals surface area contributed by atoms with Crippen molar-refractivity contribution in [1.29, 1.82) is 0 Å². The first-order chi connectivity index (χ1) is 9.04. The van der Waals surface area contributed by atoms with E-state index in [1.54, 1.807) is 18.5 Å². The van der Waals surface area contributed by atoms with Gasteiger partial charge in [-0.2, -0.15) is 0 Å². The number of sulfonamides is 1. The first kappa shape index (κ1) is 15.0. The molecule has 0 radical (unpaired) electrons. The molecule has 1 N–H and O–H groups in total. The molecule has 2 rings (SSSR count). The highest BCUT2D eigenvalue weighted by Crippen LogP contribution is 2.28. The number of thiophene rings is 1. The number of hydrogen-bond donors (Lipinski definition) is 1. The molecule has 0 aromatic carbocycles. The van der Waals surface area contributed by atoms with Gasteiger partial charge < -0.3 is 5.32 Å². The largest absolute Gasteiger partial charge is 0.315 e. The summed E-state index contributed by atoms with van der Waals surface area (Å²) in [5, 5.41) is 4.78. The molecule has 108 valence electrons. The molecular formula is C13H22N2O2S2. The van der Waals surface area contributed by atoms with Crippen LogP contribution in [0.1, 0.15) is 30.6 Å². The van der Waals surface area contributed by atoms with Crippen LogP contribution in [0.3, 0.4) is 0 Å². The first-order valence-electron chi connectivity index (χ1n) is 6.72. The fourth-order valence-electron chi connectivity index (χ4n) is 2.60. The zero-order valence-electron chi connectivity index (χ0n) is 11.6. The van der Waals surface area contributed by atoms with Crippen LogP contribution in [0.5, 0.6) is 0 Å². The smallest absolute Gasteiger partial charge is 0.243 e. The van der Waals surface area contributed by atoms with E-state index in [4.69, 9.17) is 0 Å². The monoisotopic (exact) mass is 302 g/mol. The van der Waals surface area contributed by atoms with Gasteiger partial charge in [0.2, 0.25) is 10.0 Å². The second-order valence-electron chi connectivity index (χ2n) is 5.22. The minimum Gasteiger partial charge on any atom is -0.315 e. The van der Waals surface area contributed by atoms with Gasteiger partial charge in [0, 0.05) is 30.4 Å². The molecule has 4 nitrogen and oxygen atoms in total. The van der Waals surface area contributed by atoms with Gasteiger partial charge in [-0.15, -0.1) is 11.3 Å². The van der Waals surface area contributed by atoms with Crippen LogP contribution in [-0.4, -0.2) is 33.4 Å². The van der Waals surface area contributed by atoms with Gasteiger partial charge in [0.1, 0.15) is 0 Å². The first-order valence-corrected chi connectivity index (χ1v) is 9.04. The Bertz CT molecular complexity index is 504. The molecule has 1 aromatic rings. The Morgan fingerprint density at radius 2 is 2.11 bits per heavy atom. The molecule has 1 saturated carbocycles. The molecule has 0 unspecified atom stereocenters. The fourth-order valence-corrected chi connectivity index (χ4v) is 5.12. The molecule has 0 saturated heterocycles. The molecule has 0 atom stereocenters. The Morgan fingerprint density at radius 1 is 1.42 bits per heavy atom. The van der Waals surface area contributed by atoms with Crippen LogP contribution in [0.25, 0.3) is 0 Å². The standard InChI is InChI=1S/C13H22N2O2S2/c1-14-8-12-7-13(10-18-12)19(16,17)15(2)9-11-5-3-4-6-11/h7,10-11,14H,3-6,8-9H2,1-2H3. The van der Waals surface area contributed by atoms with Crippen LogP contribution in [0, 0.1) is 5.92 Å². The van der Waals surface area contributed by atoms with E-state index in [0.717, 1.165) is 17.7 Å². The minimum absolute atomic E-state index is 0.434. The van der Waals surface area contributed by atoms with Crippen molar-refractivity contribution in [3.63, 3.8) is 0 Å². The van der Waals surface area contributed by atoms with Crippen molar-refractivity contribution >= 4 is 21.4 Å². The fraction of sp³-hybridized carbons (Fsp3) is 0.692. The summed E-state index contributed by atoms with van der Waals surface area (Å²) in [5.41, 5.74) is 0. The highest BCUT2D eigenvalue weighted by molar-refractivity contribution is 7.89. The van der Waals surface area contributed by atoms with E-state index in [2.05, 4.69) is 5.32 Å². The van der Waals surface area contributed by atoms with Crippen LogP contribution in [0.15, 0.2) is 16.3 Å². The molecule has 1 aromatic heterocycles. The second kappa shape index (κ2) is 6.35. The lowest BCUT2D eigenvalue weighted by Gasteiger charge is -2.20. The number of nitrogens with one attached hydrogen (secondary N) is 1. The van der Waals surface area contributed by atoms with Crippen LogP contribution < -0.4 is 5.32 Å². The van der Waals surface area contributed by atoms with E-state index < -0.39 is 10.0 Å². The lowest BCUT2D eigenvalue weighted by Crippen LogP contribution is -2.31. The molecule has 1 heterocycles. The summed E-state index contributed by atoms with van der Waals surface area (Å²) in [6.45, 7) is 1.37. The average Bonchev–Trinajstić information content (AvgIpc) is 3.00. The third-order valence-corrected chi connectivity index (χ3v) is 6.57. The van der Waals surface area contributed by atoms with Crippen LogP contribution in [-0.2, 0) is 16.6 Å². The van der Waals surface area contributed by atoms with Crippen molar-refractivity contribution < 1.29 is 8.42 Å². The third kappa shape index (κ3) is 3.56. The Balaban J connectivity index is 2.06. The molecule has 0 bridgehead atoms. The Hall–Kier alpha value is -0.430. The maximum Gasteiger partial charge on any atom is 0.243 e. The van der Waals surface area contributed by atoms with Crippen molar-refractivity contribution in [2.45, 2.75) is 37.1 Å². The van der Waals surface area contributed by atoms with E-state index in [9.17, 15) is 8.42 Å². The van der Waals surface area contributed by atoms with Crippen molar-refractivity contribution in [2.75, 3.05) is 20.6 Å². The molecule has 1 aliphatic carbocycles. The zero-order valence-corrected chi connectivity index (χ0v) is 13.2. The third-order valence-electron chi connectivity index (χ3n) is 3.68. The molecule has 19 heavy (non-hydrogen) atoms. The summed E-state index contributed by atoms with van der Waals surface area (Å²) in [7, 11) is 0.251. The van der Waals surface area contributed by atoms with Crippen LogP contribution in [0.2, 0.25) is 0 Å². The predicted octanol–water partition coefficient (Wildman–Crippen LogP) is 2.28. The molecule has 0 aliphatic heterocycles. The van der Waals surface area contributed by atoms with E-state index in [1.807, 2.05) is 7.05 Å². The highest BCUT2D eigenvalue weighted by Gasteiger charge is 2.26. The van der Waals surface area contributed by atoms with Gasteiger partial charge in [-0.1, -0.05) is 12.8 Å². The summed E-state index contributed by atoms with van der Waals surface area (Å²) in [4.78, 5) is 1.48. The normalized spacial score (nSPS) is 17.4. The van der Waals surface area contributed by atoms with Gasteiger partial charge in [0.25, 0.3) is 0 Å². The summed E-state index contributed by atoms with van der Waals surface area (Å²) >= 11 is 1.49. The number of nitrogens with zero attached hydrogens (tertiary/aromatic N) is 1. The lowest BCUT2D eigenvalue weighted by molar-refractivity contribution is 0.387.